The van der Waals surface area contributed by atoms with Crippen molar-refractivity contribution in [2.75, 3.05) is 13.2 Å². The smallest absolute Gasteiger partial charge is 0.303 e. The molecule has 31 heavy (non-hydrogen) atoms. The fourth-order valence-electron chi connectivity index (χ4n) is 3.20. The zero-order chi connectivity index (χ0) is 23.1. The number of amides is 1. The van der Waals surface area contributed by atoms with Crippen LogP contribution in [0.1, 0.15) is 39.6 Å². The van der Waals surface area contributed by atoms with Gasteiger partial charge in [0.25, 0.3) is 0 Å². The van der Waals surface area contributed by atoms with Gasteiger partial charge in [0.05, 0.1) is 11.9 Å². The number of carbonyl (C=O) groups excluding carboxylic acids is 4. The number of ether oxygens (including phenoxy) is 4. The third-order valence-electron chi connectivity index (χ3n) is 4.28. The van der Waals surface area contributed by atoms with Gasteiger partial charge in [0.2, 0.25) is 5.91 Å². The summed E-state index contributed by atoms with van der Waals surface area (Å²) in [4.78, 5) is 46.8. The van der Waals surface area contributed by atoms with Crippen molar-refractivity contribution >= 4 is 23.8 Å². The minimum absolute atomic E-state index is 0.154. The number of carbonyl (C=O) groups is 4. The maximum Gasteiger partial charge on any atom is 0.303 e. The Kier molecular flexibility index (Phi) is 8.45. The Hall–Kier alpha value is -3.06. The first-order chi connectivity index (χ1) is 14.6. The van der Waals surface area contributed by atoms with Gasteiger partial charge in [-0.15, -0.1) is 5.10 Å². The SMILES string of the molecule is CC(=O)N[C@@H]1[C@@H](OC(C)=O)[C@H](OC(C)=O)[C@@H](COC(C)=O)O[C@H]1n1cc(CCO)nn1. The van der Waals surface area contributed by atoms with Crippen LogP contribution in [0.3, 0.4) is 0 Å². The van der Waals surface area contributed by atoms with Crippen LogP contribution in [0.25, 0.3) is 0 Å². The zero-order valence-corrected chi connectivity index (χ0v) is 17.6. The van der Waals surface area contributed by atoms with Crippen molar-refractivity contribution in [2.24, 2.45) is 0 Å². The van der Waals surface area contributed by atoms with Gasteiger partial charge < -0.3 is 29.4 Å². The molecule has 1 amide bonds. The predicted octanol–water partition coefficient (Wildman–Crippen LogP) is -1.36. The minimum atomic E-state index is -1.19. The quantitative estimate of drug-likeness (QED) is 0.360. The van der Waals surface area contributed by atoms with Gasteiger partial charge in [-0.05, 0) is 0 Å². The molecular formula is C18H26N4O9. The fraction of sp³-hybridized carbons (Fsp3) is 0.667. The maximum absolute atomic E-state index is 11.9. The molecule has 0 bridgehead atoms. The lowest BCUT2D eigenvalue weighted by Gasteiger charge is -2.45. The van der Waals surface area contributed by atoms with Gasteiger partial charge in [0.15, 0.2) is 18.4 Å². The molecule has 1 fully saturated rings. The molecule has 0 aromatic carbocycles. The lowest BCUT2D eigenvalue weighted by Crippen LogP contribution is -2.64. The van der Waals surface area contributed by atoms with E-state index < -0.39 is 54.4 Å². The van der Waals surface area contributed by atoms with Crippen LogP contribution >= 0.6 is 0 Å². The molecule has 1 aliphatic rings. The van der Waals surface area contributed by atoms with E-state index in [0.29, 0.717) is 5.69 Å². The highest BCUT2D eigenvalue weighted by Crippen LogP contribution is 2.32. The summed E-state index contributed by atoms with van der Waals surface area (Å²) in [6.07, 6.45) is -2.74. The summed E-state index contributed by atoms with van der Waals surface area (Å²) < 4.78 is 23.0. The Bertz CT molecular complexity index is 812. The topological polar surface area (TPSA) is 168 Å². The summed E-state index contributed by atoms with van der Waals surface area (Å²) in [5, 5.41) is 19.6. The summed E-state index contributed by atoms with van der Waals surface area (Å²) in [6.45, 7) is 4.31. The van der Waals surface area contributed by atoms with Gasteiger partial charge in [-0.3, -0.25) is 19.2 Å². The molecule has 13 heteroatoms. The van der Waals surface area contributed by atoms with E-state index >= 15 is 0 Å². The number of rotatable bonds is 8. The minimum Gasteiger partial charge on any atom is -0.463 e. The standard InChI is InChI=1S/C18H26N4O9/c1-9(24)19-15-17(30-12(4)27)16(29-11(3)26)14(8-28-10(2)25)31-18(15)22-7-13(5-6-23)20-21-22/h7,14-18,23H,5-6,8H2,1-4H3,(H,19,24)/t14-,15-,16-,17-,18-/m1/s1. The van der Waals surface area contributed by atoms with Crippen molar-refractivity contribution in [3.8, 4) is 0 Å². The number of aliphatic hydroxyl groups excluding tert-OH is 1. The van der Waals surface area contributed by atoms with Crippen LogP contribution in [0.15, 0.2) is 6.20 Å². The van der Waals surface area contributed by atoms with Gasteiger partial charge in [-0.25, -0.2) is 4.68 Å². The lowest BCUT2D eigenvalue weighted by molar-refractivity contribution is -0.239. The molecule has 2 heterocycles. The van der Waals surface area contributed by atoms with Crippen LogP contribution < -0.4 is 5.32 Å². The fourth-order valence-corrected chi connectivity index (χ4v) is 3.20. The second kappa shape index (κ2) is 10.8. The van der Waals surface area contributed by atoms with Crippen molar-refractivity contribution in [1.29, 1.82) is 0 Å². The number of hydrogen-bond donors (Lipinski definition) is 2. The van der Waals surface area contributed by atoms with Crippen molar-refractivity contribution in [1.82, 2.24) is 20.3 Å². The molecule has 13 nitrogen and oxygen atoms in total. The second-order valence-electron chi connectivity index (χ2n) is 6.91. The monoisotopic (exact) mass is 442 g/mol. The van der Waals surface area contributed by atoms with Crippen molar-refractivity contribution in [2.45, 2.75) is 64.7 Å². The Labute approximate surface area is 178 Å². The molecule has 0 aliphatic carbocycles. The highest BCUT2D eigenvalue weighted by atomic mass is 16.6. The molecule has 0 spiro atoms. The molecule has 1 saturated heterocycles. The molecule has 2 rings (SSSR count). The Morgan fingerprint density at radius 3 is 2.29 bits per heavy atom. The molecule has 1 aliphatic heterocycles. The van der Waals surface area contributed by atoms with E-state index in [-0.39, 0.29) is 19.6 Å². The Morgan fingerprint density at radius 1 is 1.10 bits per heavy atom. The number of nitrogens with one attached hydrogen (secondary N) is 1. The molecule has 0 saturated carbocycles. The van der Waals surface area contributed by atoms with E-state index in [1.807, 2.05) is 0 Å². The molecule has 172 valence electrons. The molecule has 0 unspecified atom stereocenters. The van der Waals surface area contributed by atoms with Crippen LogP contribution in [0, 0.1) is 0 Å². The Balaban J connectivity index is 2.49. The number of nitrogens with zero attached hydrogens (tertiary/aromatic N) is 3. The van der Waals surface area contributed by atoms with Crippen LogP contribution in [0.5, 0.6) is 0 Å². The van der Waals surface area contributed by atoms with E-state index in [0.717, 1.165) is 13.8 Å². The first kappa shape index (κ1) is 24.2. The molecule has 5 atom stereocenters. The molecule has 0 radical (unpaired) electrons. The summed E-state index contributed by atoms with van der Waals surface area (Å²) in [6, 6.07) is -1.02. The molecule has 1 aromatic heterocycles. The van der Waals surface area contributed by atoms with E-state index in [1.54, 1.807) is 0 Å². The summed E-state index contributed by atoms with van der Waals surface area (Å²) in [5.41, 5.74) is 0.454. The lowest BCUT2D eigenvalue weighted by atomic mass is 9.95. The van der Waals surface area contributed by atoms with Gasteiger partial charge in [0.1, 0.15) is 18.8 Å². The Morgan fingerprint density at radius 2 is 1.74 bits per heavy atom. The van der Waals surface area contributed by atoms with Crippen molar-refractivity contribution in [3.05, 3.63) is 11.9 Å². The summed E-state index contributed by atoms with van der Waals surface area (Å²) >= 11 is 0. The third kappa shape index (κ3) is 6.72. The highest BCUT2D eigenvalue weighted by Gasteiger charge is 2.51. The van der Waals surface area contributed by atoms with Crippen LogP contribution in [0.2, 0.25) is 0 Å². The number of hydrogen-bond acceptors (Lipinski definition) is 11. The van der Waals surface area contributed by atoms with Gasteiger partial charge >= 0.3 is 17.9 Å². The molecular weight excluding hydrogens is 416 g/mol. The van der Waals surface area contributed by atoms with Crippen molar-refractivity contribution < 1.29 is 43.2 Å². The van der Waals surface area contributed by atoms with E-state index in [1.165, 1.54) is 24.7 Å². The predicted molar refractivity (Wildman–Crippen MR) is 100 cm³/mol. The largest absolute Gasteiger partial charge is 0.463 e. The normalized spacial score (nSPS) is 25.4. The van der Waals surface area contributed by atoms with Crippen LogP contribution in [0.4, 0.5) is 0 Å². The van der Waals surface area contributed by atoms with Gasteiger partial charge in [-0.1, -0.05) is 5.21 Å². The average molecular weight is 442 g/mol. The number of aliphatic hydroxyl groups is 1. The summed E-state index contributed by atoms with van der Waals surface area (Å²) in [7, 11) is 0. The number of esters is 3. The summed E-state index contributed by atoms with van der Waals surface area (Å²) in [5.74, 6) is -2.44. The molecule has 2 N–H and O–H groups in total. The van der Waals surface area contributed by atoms with Gasteiger partial charge in [0, 0.05) is 40.7 Å². The average Bonchev–Trinajstić information content (AvgIpc) is 3.11. The van der Waals surface area contributed by atoms with E-state index in [9.17, 15) is 19.2 Å². The zero-order valence-electron chi connectivity index (χ0n) is 17.6. The van der Waals surface area contributed by atoms with E-state index in [4.69, 9.17) is 24.1 Å². The van der Waals surface area contributed by atoms with E-state index in [2.05, 4.69) is 15.6 Å². The third-order valence-corrected chi connectivity index (χ3v) is 4.28. The maximum atomic E-state index is 11.9. The first-order valence-corrected chi connectivity index (χ1v) is 9.54. The van der Waals surface area contributed by atoms with Crippen LogP contribution in [-0.2, 0) is 44.5 Å². The highest BCUT2D eigenvalue weighted by molar-refractivity contribution is 5.73. The van der Waals surface area contributed by atoms with Crippen LogP contribution in [-0.4, -0.2) is 81.5 Å². The second-order valence-corrected chi connectivity index (χ2v) is 6.91. The first-order valence-electron chi connectivity index (χ1n) is 9.54. The van der Waals surface area contributed by atoms with Gasteiger partial charge in [-0.2, -0.15) is 0 Å². The molecule has 1 aromatic rings. The van der Waals surface area contributed by atoms with Crippen molar-refractivity contribution in [3.63, 3.8) is 0 Å². The number of aromatic nitrogens is 3.